The molecular weight excluding hydrogens is 275 g/mol. The second kappa shape index (κ2) is 4.45. The Labute approximate surface area is 95.2 Å². The molecule has 0 bridgehead atoms. The molecular formula is C9H7BrCl2O. The van der Waals surface area contributed by atoms with Gasteiger partial charge in [-0.15, -0.1) is 11.6 Å². The number of rotatable bonds is 2. The third-order valence-corrected chi connectivity index (χ3v) is 3.38. The summed E-state index contributed by atoms with van der Waals surface area (Å²) in [5.74, 6) is -0.0833. The third-order valence-electron chi connectivity index (χ3n) is 1.59. The standard InChI is InChI=1S/C9H7BrCl2O/c1-5(13)9(12)6-2-3-7(10)8(11)4-6/h2-4,9H,1H3. The maximum atomic E-state index is 11.0. The van der Waals surface area contributed by atoms with E-state index in [4.69, 9.17) is 23.2 Å². The third kappa shape index (κ3) is 2.70. The van der Waals surface area contributed by atoms with Crippen molar-refractivity contribution in [2.75, 3.05) is 0 Å². The molecule has 1 nitrogen and oxygen atoms in total. The van der Waals surface area contributed by atoms with E-state index < -0.39 is 5.38 Å². The second-order valence-corrected chi connectivity index (χ2v) is 4.34. The molecule has 0 aliphatic rings. The van der Waals surface area contributed by atoms with Crippen molar-refractivity contribution in [1.29, 1.82) is 0 Å². The van der Waals surface area contributed by atoms with Gasteiger partial charge in [-0.05, 0) is 40.5 Å². The van der Waals surface area contributed by atoms with E-state index in [2.05, 4.69) is 15.9 Å². The van der Waals surface area contributed by atoms with Crippen LogP contribution in [0.15, 0.2) is 22.7 Å². The van der Waals surface area contributed by atoms with E-state index in [9.17, 15) is 4.79 Å². The Bertz CT molecular complexity index is 338. The molecule has 1 atom stereocenters. The van der Waals surface area contributed by atoms with Gasteiger partial charge in [-0.2, -0.15) is 0 Å². The van der Waals surface area contributed by atoms with Crippen LogP contribution in [0.3, 0.4) is 0 Å². The summed E-state index contributed by atoms with van der Waals surface area (Å²) in [6.07, 6.45) is 0. The summed E-state index contributed by atoms with van der Waals surface area (Å²) < 4.78 is 0.797. The number of halogens is 3. The Hall–Kier alpha value is -0.0500. The largest absolute Gasteiger partial charge is 0.298 e. The molecule has 1 aromatic carbocycles. The van der Waals surface area contributed by atoms with Gasteiger partial charge < -0.3 is 0 Å². The Morgan fingerprint density at radius 3 is 2.62 bits per heavy atom. The van der Waals surface area contributed by atoms with Crippen LogP contribution in [0, 0.1) is 0 Å². The predicted molar refractivity (Wildman–Crippen MR) is 58.4 cm³/mol. The molecule has 0 heterocycles. The summed E-state index contributed by atoms with van der Waals surface area (Å²) in [4.78, 5) is 11.0. The van der Waals surface area contributed by atoms with Crippen LogP contribution in [0.2, 0.25) is 5.02 Å². The van der Waals surface area contributed by atoms with Gasteiger partial charge in [0.15, 0.2) is 5.78 Å². The molecule has 4 heteroatoms. The highest BCUT2D eigenvalue weighted by molar-refractivity contribution is 9.10. The van der Waals surface area contributed by atoms with Crippen molar-refractivity contribution in [1.82, 2.24) is 0 Å². The van der Waals surface area contributed by atoms with E-state index in [0.717, 1.165) is 10.0 Å². The van der Waals surface area contributed by atoms with Crippen LogP contribution in [0.5, 0.6) is 0 Å². The molecule has 1 rings (SSSR count). The molecule has 0 aliphatic heterocycles. The minimum Gasteiger partial charge on any atom is -0.298 e. The zero-order valence-corrected chi connectivity index (χ0v) is 9.95. The second-order valence-electron chi connectivity index (χ2n) is 2.65. The van der Waals surface area contributed by atoms with Crippen LogP contribution in [-0.4, -0.2) is 5.78 Å². The van der Waals surface area contributed by atoms with Gasteiger partial charge in [0, 0.05) is 4.47 Å². The average molecular weight is 282 g/mol. The van der Waals surface area contributed by atoms with E-state index in [1.807, 2.05) is 0 Å². The summed E-state index contributed by atoms with van der Waals surface area (Å²) in [7, 11) is 0. The lowest BCUT2D eigenvalue weighted by Crippen LogP contribution is -2.01. The van der Waals surface area contributed by atoms with Gasteiger partial charge in [0.1, 0.15) is 5.38 Å². The maximum Gasteiger partial charge on any atom is 0.152 e. The van der Waals surface area contributed by atoms with E-state index in [1.54, 1.807) is 18.2 Å². The summed E-state index contributed by atoms with van der Waals surface area (Å²) in [6.45, 7) is 1.45. The minimum absolute atomic E-state index is 0.0833. The van der Waals surface area contributed by atoms with Crippen molar-refractivity contribution in [3.63, 3.8) is 0 Å². The maximum absolute atomic E-state index is 11.0. The molecule has 0 aromatic heterocycles. The van der Waals surface area contributed by atoms with E-state index in [0.29, 0.717) is 5.02 Å². The molecule has 13 heavy (non-hydrogen) atoms. The van der Waals surface area contributed by atoms with E-state index >= 15 is 0 Å². The van der Waals surface area contributed by atoms with Gasteiger partial charge >= 0.3 is 0 Å². The van der Waals surface area contributed by atoms with Crippen LogP contribution >= 0.6 is 39.1 Å². The summed E-state index contributed by atoms with van der Waals surface area (Å²) in [5, 5.41) is -0.0463. The number of hydrogen-bond donors (Lipinski definition) is 0. The highest BCUT2D eigenvalue weighted by Gasteiger charge is 2.13. The highest BCUT2D eigenvalue weighted by atomic mass is 79.9. The summed E-state index contributed by atoms with van der Waals surface area (Å²) in [6, 6.07) is 5.23. The smallest absolute Gasteiger partial charge is 0.152 e. The van der Waals surface area contributed by atoms with Crippen molar-refractivity contribution in [3.8, 4) is 0 Å². The van der Waals surface area contributed by atoms with Crippen molar-refractivity contribution >= 4 is 44.9 Å². The summed E-state index contributed by atoms with van der Waals surface area (Å²) in [5.41, 5.74) is 0.724. The highest BCUT2D eigenvalue weighted by Crippen LogP contribution is 2.28. The van der Waals surface area contributed by atoms with Crippen molar-refractivity contribution < 1.29 is 4.79 Å². The topological polar surface area (TPSA) is 17.1 Å². The molecule has 0 saturated carbocycles. The van der Waals surface area contributed by atoms with Crippen LogP contribution in [0.25, 0.3) is 0 Å². The molecule has 0 amide bonds. The number of benzene rings is 1. The number of carbonyl (C=O) groups excluding carboxylic acids is 1. The SMILES string of the molecule is CC(=O)C(Cl)c1ccc(Br)c(Cl)c1. The number of hydrogen-bond acceptors (Lipinski definition) is 1. The first-order valence-corrected chi connectivity index (χ1v) is 5.22. The van der Waals surface area contributed by atoms with E-state index in [1.165, 1.54) is 6.92 Å². The van der Waals surface area contributed by atoms with Crippen LogP contribution in [-0.2, 0) is 4.79 Å². The first-order valence-electron chi connectivity index (χ1n) is 3.62. The Morgan fingerprint density at radius 2 is 2.15 bits per heavy atom. The average Bonchev–Trinajstić information content (AvgIpc) is 2.08. The molecule has 0 fully saturated rings. The Morgan fingerprint density at radius 1 is 1.54 bits per heavy atom. The van der Waals surface area contributed by atoms with Crippen molar-refractivity contribution in [2.24, 2.45) is 0 Å². The van der Waals surface area contributed by atoms with Gasteiger partial charge in [-0.25, -0.2) is 0 Å². The van der Waals surface area contributed by atoms with Gasteiger partial charge in [0.2, 0.25) is 0 Å². The Kier molecular flexibility index (Phi) is 3.77. The fourth-order valence-corrected chi connectivity index (χ4v) is 1.48. The number of Topliss-reactive ketones (excluding diaryl/α,β-unsaturated/α-hetero) is 1. The predicted octanol–water partition coefficient (Wildman–Crippen LogP) is 3.97. The normalized spacial score (nSPS) is 12.6. The van der Waals surface area contributed by atoms with Gasteiger partial charge in [-0.1, -0.05) is 17.7 Å². The minimum atomic E-state index is -0.606. The molecule has 1 aromatic rings. The van der Waals surface area contributed by atoms with Gasteiger partial charge in [-0.3, -0.25) is 4.79 Å². The van der Waals surface area contributed by atoms with Gasteiger partial charge in [0.05, 0.1) is 5.02 Å². The lowest BCUT2D eigenvalue weighted by Gasteiger charge is -2.06. The summed E-state index contributed by atoms with van der Waals surface area (Å²) >= 11 is 14.9. The molecule has 0 aliphatic carbocycles. The first kappa shape index (κ1) is 11.0. The zero-order chi connectivity index (χ0) is 10.0. The zero-order valence-electron chi connectivity index (χ0n) is 6.85. The lowest BCUT2D eigenvalue weighted by molar-refractivity contribution is -0.116. The molecule has 0 saturated heterocycles. The molecule has 1 unspecified atom stereocenters. The number of ketones is 1. The molecule has 0 spiro atoms. The van der Waals surface area contributed by atoms with E-state index in [-0.39, 0.29) is 5.78 Å². The van der Waals surface area contributed by atoms with Crippen LogP contribution in [0.1, 0.15) is 17.9 Å². The lowest BCUT2D eigenvalue weighted by atomic mass is 10.1. The first-order chi connectivity index (χ1) is 6.02. The molecule has 0 radical (unpaired) electrons. The van der Waals surface area contributed by atoms with Gasteiger partial charge in [0.25, 0.3) is 0 Å². The molecule has 0 N–H and O–H groups in total. The van der Waals surface area contributed by atoms with Crippen LogP contribution in [0.4, 0.5) is 0 Å². The van der Waals surface area contributed by atoms with Crippen molar-refractivity contribution in [3.05, 3.63) is 33.3 Å². The number of carbonyl (C=O) groups is 1. The fraction of sp³-hybridized carbons (Fsp3) is 0.222. The quantitative estimate of drug-likeness (QED) is 0.750. The molecule has 70 valence electrons. The van der Waals surface area contributed by atoms with Crippen LogP contribution < -0.4 is 0 Å². The fourth-order valence-electron chi connectivity index (χ4n) is 0.905. The van der Waals surface area contributed by atoms with Crippen molar-refractivity contribution in [2.45, 2.75) is 12.3 Å². The Balaban J connectivity index is 3.03. The monoisotopic (exact) mass is 280 g/mol. The number of alkyl halides is 1.